The maximum Gasteiger partial charge on any atom is 0.241 e. The summed E-state index contributed by atoms with van der Waals surface area (Å²) in [6, 6.07) is 3.80. The third-order valence-electron chi connectivity index (χ3n) is 2.37. The molecule has 1 aromatic rings. The van der Waals surface area contributed by atoms with Gasteiger partial charge in [-0.05, 0) is 17.5 Å². The number of anilines is 1. The molecule has 1 aromatic carbocycles. The zero-order valence-corrected chi connectivity index (χ0v) is 14.0. The fourth-order valence-corrected chi connectivity index (χ4v) is 4.13. The number of ether oxygens (including phenoxy) is 1. The van der Waals surface area contributed by atoms with E-state index in [2.05, 4.69) is 4.72 Å². The van der Waals surface area contributed by atoms with Gasteiger partial charge in [0, 0.05) is 6.07 Å². The van der Waals surface area contributed by atoms with Crippen molar-refractivity contribution in [3.8, 4) is 5.75 Å². The highest BCUT2D eigenvalue weighted by Crippen LogP contribution is 2.27. The summed E-state index contributed by atoms with van der Waals surface area (Å²) in [7, 11) is -6.21. The summed E-state index contributed by atoms with van der Waals surface area (Å²) in [4.78, 5) is -0.205. The van der Waals surface area contributed by atoms with Crippen molar-refractivity contribution in [2.75, 3.05) is 17.6 Å². The molecule has 21 heavy (non-hydrogen) atoms. The van der Waals surface area contributed by atoms with Crippen LogP contribution in [-0.4, -0.2) is 29.7 Å². The van der Waals surface area contributed by atoms with Crippen molar-refractivity contribution in [3.63, 3.8) is 0 Å². The highest BCUT2D eigenvalue weighted by molar-refractivity contribution is 7.92. The highest BCUT2D eigenvalue weighted by atomic mass is 32.2. The lowest BCUT2D eigenvalue weighted by atomic mass is 10.0. The monoisotopic (exact) mass is 336 g/mol. The van der Waals surface area contributed by atoms with Crippen molar-refractivity contribution in [3.05, 3.63) is 18.2 Å². The molecule has 0 aliphatic heterocycles. The second kappa shape index (κ2) is 5.82. The van der Waals surface area contributed by atoms with Crippen LogP contribution < -0.4 is 14.6 Å². The fourth-order valence-electron chi connectivity index (χ4n) is 1.75. The Hall–Kier alpha value is -1.32. The van der Waals surface area contributed by atoms with Crippen LogP contribution in [-0.2, 0) is 20.0 Å². The van der Waals surface area contributed by atoms with Gasteiger partial charge in [-0.15, -0.1) is 0 Å². The van der Waals surface area contributed by atoms with Crippen LogP contribution in [0.25, 0.3) is 0 Å². The molecule has 0 heterocycles. The van der Waals surface area contributed by atoms with Crippen molar-refractivity contribution in [1.82, 2.24) is 0 Å². The summed E-state index contributed by atoms with van der Waals surface area (Å²) in [5.41, 5.74) is -0.195. The van der Waals surface area contributed by atoms with Gasteiger partial charge >= 0.3 is 0 Å². The van der Waals surface area contributed by atoms with Crippen LogP contribution in [0.2, 0.25) is 0 Å². The minimum Gasteiger partial charge on any atom is -0.495 e. The molecule has 3 N–H and O–H groups in total. The molecule has 0 bridgehead atoms. The third kappa shape index (κ3) is 5.52. The first-order valence-corrected chi connectivity index (χ1v) is 9.25. The normalized spacial score (nSPS) is 13.0. The van der Waals surface area contributed by atoms with Gasteiger partial charge in [0.05, 0.1) is 18.6 Å². The minimum atomic E-state index is -3.94. The number of rotatable bonds is 5. The van der Waals surface area contributed by atoms with Crippen LogP contribution in [0.5, 0.6) is 5.75 Å². The Labute approximate surface area is 125 Å². The molecular formula is C12H20N2O5S2. The van der Waals surface area contributed by atoms with Crippen molar-refractivity contribution in [1.29, 1.82) is 0 Å². The summed E-state index contributed by atoms with van der Waals surface area (Å²) in [6.45, 7) is 5.41. The van der Waals surface area contributed by atoms with Crippen molar-refractivity contribution >= 4 is 25.7 Å². The topological polar surface area (TPSA) is 116 Å². The Balaban J connectivity index is 3.13. The quantitative estimate of drug-likeness (QED) is 0.836. The van der Waals surface area contributed by atoms with Gasteiger partial charge in [0.25, 0.3) is 0 Å². The van der Waals surface area contributed by atoms with Crippen LogP contribution in [0, 0.1) is 5.41 Å². The number of methoxy groups -OCH3 is 1. The van der Waals surface area contributed by atoms with E-state index in [9.17, 15) is 16.8 Å². The van der Waals surface area contributed by atoms with Crippen LogP contribution in [0.4, 0.5) is 5.69 Å². The molecule has 0 fully saturated rings. The maximum absolute atomic E-state index is 12.0. The van der Waals surface area contributed by atoms with E-state index in [1.165, 1.54) is 25.3 Å². The number of benzene rings is 1. The van der Waals surface area contributed by atoms with Gasteiger partial charge in [0.2, 0.25) is 20.0 Å². The van der Waals surface area contributed by atoms with E-state index in [0.717, 1.165) is 0 Å². The first-order chi connectivity index (χ1) is 9.34. The molecule has 0 amide bonds. The second-order valence-electron chi connectivity index (χ2n) is 5.83. The predicted molar refractivity (Wildman–Crippen MR) is 81.2 cm³/mol. The number of nitrogens with two attached hydrogens (primary N) is 1. The zero-order valence-electron chi connectivity index (χ0n) is 12.4. The summed E-state index contributed by atoms with van der Waals surface area (Å²) in [5, 5.41) is 5.05. The van der Waals surface area contributed by atoms with E-state index < -0.39 is 25.5 Å². The lowest BCUT2D eigenvalue weighted by molar-refractivity contribution is 0.403. The molecule has 120 valence electrons. The van der Waals surface area contributed by atoms with E-state index in [0.29, 0.717) is 0 Å². The largest absolute Gasteiger partial charge is 0.495 e. The van der Waals surface area contributed by atoms with Gasteiger partial charge in [0.1, 0.15) is 10.6 Å². The molecule has 0 saturated heterocycles. The highest BCUT2D eigenvalue weighted by Gasteiger charge is 2.22. The Kier molecular flexibility index (Phi) is 4.91. The summed E-state index contributed by atoms with van der Waals surface area (Å²) < 4.78 is 54.0. The number of sulfonamides is 2. The smallest absolute Gasteiger partial charge is 0.241 e. The Morgan fingerprint density at radius 3 is 2.19 bits per heavy atom. The SMILES string of the molecule is COc1cc(NS(=O)(=O)CC(C)(C)C)ccc1S(N)(=O)=O. The molecule has 0 atom stereocenters. The number of primary sulfonamides is 1. The van der Waals surface area contributed by atoms with E-state index in [1.54, 1.807) is 20.8 Å². The molecule has 0 saturated carbocycles. The first-order valence-electron chi connectivity index (χ1n) is 6.05. The van der Waals surface area contributed by atoms with Gasteiger partial charge in [-0.25, -0.2) is 22.0 Å². The van der Waals surface area contributed by atoms with Crippen molar-refractivity contribution < 1.29 is 21.6 Å². The number of nitrogens with one attached hydrogen (secondary N) is 1. The van der Waals surface area contributed by atoms with Crippen molar-refractivity contribution in [2.24, 2.45) is 10.6 Å². The van der Waals surface area contributed by atoms with Gasteiger partial charge in [-0.1, -0.05) is 20.8 Å². The Bertz CT molecular complexity index is 719. The Morgan fingerprint density at radius 1 is 1.19 bits per heavy atom. The number of hydrogen-bond acceptors (Lipinski definition) is 5. The van der Waals surface area contributed by atoms with Gasteiger partial charge in [-0.2, -0.15) is 0 Å². The van der Waals surface area contributed by atoms with Crippen LogP contribution in [0.3, 0.4) is 0 Å². The predicted octanol–water partition coefficient (Wildman–Crippen LogP) is 1.13. The van der Waals surface area contributed by atoms with E-state index in [1.807, 2.05) is 0 Å². The molecule has 7 nitrogen and oxygen atoms in total. The summed E-state index contributed by atoms with van der Waals surface area (Å²) in [6.07, 6.45) is 0. The molecule has 0 unspecified atom stereocenters. The lowest BCUT2D eigenvalue weighted by Crippen LogP contribution is -2.26. The summed E-state index contributed by atoms with van der Waals surface area (Å²) in [5.74, 6) is -0.0901. The fraction of sp³-hybridized carbons (Fsp3) is 0.500. The average molecular weight is 336 g/mol. The van der Waals surface area contributed by atoms with Gasteiger partial charge in [-0.3, -0.25) is 4.72 Å². The zero-order chi connectivity index (χ0) is 16.5. The van der Waals surface area contributed by atoms with Crippen LogP contribution in [0.1, 0.15) is 20.8 Å². The molecule has 0 aromatic heterocycles. The molecule has 0 radical (unpaired) electrons. The molecular weight excluding hydrogens is 316 g/mol. The third-order valence-corrected chi connectivity index (χ3v) is 5.11. The van der Waals surface area contributed by atoms with E-state index >= 15 is 0 Å². The first kappa shape index (κ1) is 17.7. The molecule has 9 heteroatoms. The van der Waals surface area contributed by atoms with Crippen LogP contribution >= 0.6 is 0 Å². The van der Waals surface area contributed by atoms with E-state index in [4.69, 9.17) is 9.88 Å². The van der Waals surface area contributed by atoms with E-state index in [-0.39, 0.29) is 22.1 Å². The number of hydrogen-bond donors (Lipinski definition) is 2. The summed E-state index contributed by atoms with van der Waals surface area (Å²) >= 11 is 0. The second-order valence-corrected chi connectivity index (χ2v) is 9.08. The molecule has 0 aliphatic rings. The molecule has 0 aliphatic carbocycles. The molecule has 0 spiro atoms. The maximum atomic E-state index is 12.0. The minimum absolute atomic E-state index is 0.0199. The van der Waals surface area contributed by atoms with Crippen molar-refractivity contribution in [2.45, 2.75) is 25.7 Å². The molecule has 1 rings (SSSR count). The van der Waals surface area contributed by atoms with Gasteiger partial charge < -0.3 is 4.74 Å². The standard InChI is InChI=1S/C12H20N2O5S2/c1-12(2,3)8-20(15,16)14-9-5-6-11(21(13,17)18)10(7-9)19-4/h5-7,14H,8H2,1-4H3,(H2,13,17,18). The van der Waals surface area contributed by atoms with Gasteiger partial charge in [0.15, 0.2) is 0 Å². The lowest BCUT2D eigenvalue weighted by Gasteiger charge is -2.19. The average Bonchev–Trinajstić information content (AvgIpc) is 2.22. The Morgan fingerprint density at radius 2 is 1.76 bits per heavy atom. The van der Waals surface area contributed by atoms with Crippen LogP contribution in [0.15, 0.2) is 23.1 Å².